The van der Waals surface area contributed by atoms with Crippen molar-refractivity contribution in [3.63, 3.8) is 0 Å². The number of hydrogen-bond acceptors (Lipinski definition) is 3. The highest BCUT2D eigenvalue weighted by Crippen LogP contribution is 2.21. The number of halogens is 1. The average Bonchev–Trinajstić information content (AvgIpc) is 2.59. The standard InChI is InChI=1S/C19H15FN2O2/c1-13-2-9-17(10-3-13)24-18-11-8-16(12-21-18)22-19(23)14-4-6-15(20)7-5-14/h2-12H,1H3,(H,22,23). The fourth-order valence-electron chi connectivity index (χ4n) is 2.05. The molecule has 0 atom stereocenters. The Labute approximate surface area is 138 Å². The zero-order valence-electron chi connectivity index (χ0n) is 13.0. The van der Waals surface area contributed by atoms with Gasteiger partial charge in [-0.25, -0.2) is 9.37 Å². The number of anilines is 1. The number of hydrogen-bond donors (Lipinski definition) is 1. The summed E-state index contributed by atoms with van der Waals surface area (Å²) in [5, 5.41) is 2.70. The molecule has 0 aliphatic carbocycles. The van der Waals surface area contributed by atoms with Crippen molar-refractivity contribution in [2.75, 3.05) is 5.32 Å². The molecular weight excluding hydrogens is 307 g/mol. The van der Waals surface area contributed by atoms with Crippen molar-refractivity contribution in [2.45, 2.75) is 6.92 Å². The van der Waals surface area contributed by atoms with Gasteiger partial charge >= 0.3 is 0 Å². The molecule has 0 aliphatic heterocycles. The van der Waals surface area contributed by atoms with Crippen LogP contribution in [0.1, 0.15) is 15.9 Å². The Morgan fingerprint density at radius 1 is 1.00 bits per heavy atom. The van der Waals surface area contributed by atoms with Crippen molar-refractivity contribution >= 4 is 11.6 Å². The van der Waals surface area contributed by atoms with E-state index in [4.69, 9.17) is 4.74 Å². The molecule has 0 radical (unpaired) electrons. The van der Waals surface area contributed by atoms with Crippen LogP contribution in [0.25, 0.3) is 0 Å². The highest BCUT2D eigenvalue weighted by Gasteiger charge is 2.07. The number of nitrogens with one attached hydrogen (secondary N) is 1. The Morgan fingerprint density at radius 2 is 1.71 bits per heavy atom. The number of ether oxygens (including phenoxy) is 1. The summed E-state index contributed by atoms with van der Waals surface area (Å²) in [5.74, 6) is 0.407. The van der Waals surface area contributed by atoms with Crippen LogP contribution in [0.15, 0.2) is 66.9 Å². The Morgan fingerprint density at radius 3 is 2.33 bits per heavy atom. The van der Waals surface area contributed by atoms with Crippen LogP contribution in [0.5, 0.6) is 11.6 Å². The van der Waals surface area contributed by atoms with Crippen LogP contribution in [0.4, 0.5) is 10.1 Å². The number of pyridine rings is 1. The first-order chi connectivity index (χ1) is 11.6. The molecule has 24 heavy (non-hydrogen) atoms. The number of nitrogens with zero attached hydrogens (tertiary/aromatic N) is 1. The molecule has 1 N–H and O–H groups in total. The van der Waals surface area contributed by atoms with Crippen LogP contribution in [0.2, 0.25) is 0 Å². The van der Waals surface area contributed by atoms with Gasteiger partial charge in [0, 0.05) is 11.6 Å². The SMILES string of the molecule is Cc1ccc(Oc2ccc(NC(=O)c3ccc(F)cc3)cn2)cc1. The molecular formula is C19H15FN2O2. The summed E-state index contributed by atoms with van der Waals surface area (Å²) < 4.78 is 18.5. The second kappa shape index (κ2) is 6.91. The molecule has 1 heterocycles. The lowest BCUT2D eigenvalue weighted by Gasteiger charge is -2.07. The van der Waals surface area contributed by atoms with E-state index in [-0.39, 0.29) is 11.7 Å². The molecule has 0 fully saturated rings. The fraction of sp³-hybridized carbons (Fsp3) is 0.0526. The lowest BCUT2D eigenvalue weighted by atomic mass is 10.2. The second-order valence-corrected chi connectivity index (χ2v) is 5.26. The third-order valence-electron chi connectivity index (χ3n) is 3.34. The topological polar surface area (TPSA) is 51.2 Å². The van der Waals surface area contributed by atoms with Crippen molar-refractivity contribution in [1.29, 1.82) is 0 Å². The van der Waals surface area contributed by atoms with E-state index in [1.807, 2.05) is 31.2 Å². The molecule has 1 amide bonds. The third kappa shape index (κ3) is 3.95. The van der Waals surface area contributed by atoms with E-state index in [0.717, 1.165) is 5.56 Å². The summed E-state index contributed by atoms with van der Waals surface area (Å²) in [6.07, 6.45) is 1.50. The maximum atomic E-state index is 12.9. The van der Waals surface area contributed by atoms with Crippen LogP contribution in [0.3, 0.4) is 0 Å². The highest BCUT2D eigenvalue weighted by atomic mass is 19.1. The first-order valence-electron chi connectivity index (χ1n) is 7.38. The quantitative estimate of drug-likeness (QED) is 0.765. The normalized spacial score (nSPS) is 10.2. The van der Waals surface area contributed by atoms with Gasteiger partial charge in [0.2, 0.25) is 5.88 Å². The van der Waals surface area contributed by atoms with Crippen LogP contribution in [-0.2, 0) is 0 Å². The van der Waals surface area contributed by atoms with Crippen molar-refractivity contribution in [3.8, 4) is 11.6 Å². The predicted molar refractivity (Wildman–Crippen MR) is 89.8 cm³/mol. The number of aromatic nitrogens is 1. The van der Waals surface area contributed by atoms with Gasteiger partial charge in [-0.15, -0.1) is 0 Å². The molecule has 3 aromatic rings. The number of amides is 1. The minimum absolute atomic E-state index is 0.330. The Kier molecular flexibility index (Phi) is 4.52. The Balaban J connectivity index is 1.64. The number of carbonyl (C=O) groups excluding carboxylic acids is 1. The van der Waals surface area contributed by atoms with Gasteiger partial charge in [-0.3, -0.25) is 4.79 Å². The van der Waals surface area contributed by atoms with Crippen molar-refractivity contribution in [1.82, 2.24) is 4.98 Å². The van der Waals surface area contributed by atoms with E-state index in [9.17, 15) is 9.18 Å². The highest BCUT2D eigenvalue weighted by molar-refractivity contribution is 6.04. The first kappa shape index (κ1) is 15.7. The summed E-state index contributed by atoms with van der Waals surface area (Å²) >= 11 is 0. The maximum absolute atomic E-state index is 12.9. The minimum atomic E-state index is -0.383. The van der Waals surface area contributed by atoms with Gasteiger partial charge in [0.15, 0.2) is 0 Å². The molecule has 0 unspecified atom stereocenters. The summed E-state index contributed by atoms with van der Waals surface area (Å²) in [7, 11) is 0. The third-order valence-corrected chi connectivity index (χ3v) is 3.34. The zero-order valence-corrected chi connectivity index (χ0v) is 13.0. The van der Waals surface area contributed by atoms with Gasteiger partial charge in [0.1, 0.15) is 11.6 Å². The Bertz CT molecular complexity index is 829. The predicted octanol–water partition coefficient (Wildman–Crippen LogP) is 4.57. The van der Waals surface area contributed by atoms with Crippen molar-refractivity contribution < 1.29 is 13.9 Å². The average molecular weight is 322 g/mol. The molecule has 0 bridgehead atoms. The summed E-state index contributed by atoms with van der Waals surface area (Å²) in [6.45, 7) is 2.00. The number of carbonyl (C=O) groups is 1. The fourth-order valence-corrected chi connectivity index (χ4v) is 2.05. The van der Waals surface area contributed by atoms with Gasteiger partial charge in [0.05, 0.1) is 11.9 Å². The van der Waals surface area contributed by atoms with Gasteiger partial charge in [-0.05, 0) is 49.4 Å². The molecule has 2 aromatic carbocycles. The molecule has 1 aromatic heterocycles. The largest absolute Gasteiger partial charge is 0.439 e. The first-order valence-corrected chi connectivity index (χ1v) is 7.38. The maximum Gasteiger partial charge on any atom is 0.255 e. The summed E-state index contributed by atoms with van der Waals surface area (Å²) in [5.41, 5.74) is 2.05. The Hall–Kier alpha value is -3.21. The lowest BCUT2D eigenvalue weighted by molar-refractivity contribution is 0.102. The minimum Gasteiger partial charge on any atom is -0.439 e. The van der Waals surface area contributed by atoms with Crippen molar-refractivity contribution in [2.24, 2.45) is 0 Å². The van der Waals surface area contributed by atoms with Gasteiger partial charge < -0.3 is 10.1 Å². The van der Waals surface area contributed by atoms with E-state index in [1.54, 1.807) is 12.1 Å². The molecule has 0 aliphatic rings. The van der Waals surface area contributed by atoms with E-state index in [2.05, 4.69) is 10.3 Å². The zero-order chi connectivity index (χ0) is 16.9. The van der Waals surface area contributed by atoms with E-state index in [0.29, 0.717) is 22.9 Å². The van der Waals surface area contributed by atoms with Crippen LogP contribution in [-0.4, -0.2) is 10.9 Å². The van der Waals surface area contributed by atoms with Crippen LogP contribution < -0.4 is 10.1 Å². The van der Waals surface area contributed by atoms with Gasteiger partial charge in [-0.1, -0.05) is 17.7 Å². The van der Waals surface area contributed by atoms with Crippen LogP contribution >= 0.6 is 0 Å². The number of benzene rings is 2. The molecule has 120 valence electrons. The van der Waals surface area contributed by atoms with Gasteiger partial charge in [0.25, 0.3) is 5.91 Å². The lowest BCUT2D eigenvalue weighted by Crippen LogP contribution is -2.11. The van der Waals surface area contributed by atoms with E-state index < -0.39 is 0 Å². The molecule has 5 heteroatoms. The molecule has 0 saturated carbocycles. The summed E-state index contributed by atoms with van der Waals surface area (Å²) in [6, 6.07) is 16.3. The van der Waals surface area contributed by atoms with Crippen LogP contribution in [0, 0.1) is 12.7 Å². The second-order valence-electron chi connectivity index (χ2n) is 5.26. The number of aryl methyl sites for hydroxylation is 1. The molecule has 4 nitrogen and oxygen atoms in total. The molecule has 0 saturated heterocycles. The molecule has 0 spiro atoms. The smallest absolute Gasteiger partial charge is 0.255 e. The van der Waals surface area contributed by atoms with Gasteiger partial charge in [-0.2, -0.15) is 0 Å². The monoisotopic (exact) mass is 322 g/mol. The van der Waals surface area contributed by atoms with Crippen molar-refractivity contribution in [3.05, 3.63) is 83.8 Å². The molecule has 3 rings (SSSR count). The summed E-state index contributed by atoms with van der Waals surface area (Å²) in [4.78, 5) is 16.2. The van der Waals surface area contributed by atoms with E-state index in [1.165, 1.54) is 30.5 Å². The van der Waals surface area contributed by atoms with E-state index >= 15 is 0 Å². The number of rotatable bonds is 4.